The van der Waals surface area contributed by atoms with Crippen molar-refractivity contribution in [2.24, 2.45) is 0 Å². The van der Waals surface area contributed by atoms with Gasteiger partial charge in [0, 0.05) is 16.6 Å². The number of hydrogen-bond donors (Lipinski definition) is 2. The molecule has 0 saturated heterocycles. The largest absolute Gasteiger partial charge is 0.363 e. The van der Waals surface area contributed by atoms with Crippen LogP contribution in [0.5, 0.6) is 0 Å². The summed E-state index contributed by atoms with van der Waals surface area (Å²) >= 11 is 7.60. The second-order valence-electron chi connectivity index (χ2n) is 5.69. The van der Waals surface area contributed by atoms with E-state index in [1.807, 2.05) is 23.6 Å². The van der Waals surface area contributed by atoms with Crippen molar-refractivity contribution < 1.29 is 12.9 Å². The predicted molar refractivity (Wildman–Crippen MR) is 110 cm³/mol. The molecule has 28 heavy (non-hydrogen) atoms. The zero-order chi connectivity index (χ0) is 19.6. The Morgan fingerprint density at radius 2 is 1.86 bits per heavy atom. The van der Waals surface area contributed by atoms with Crippen molar-refractivity contribution in [2.45, 2.75) is 4.90 Å². The van der Waals surface area contributed by atoms with Crippen LogP contribution in [0.1, 0.15) is 0 Å². The van der Waals surface area contributed by atoms with Gasteiger partial charge in [-0.2, -0.15) is 0 Å². The van der Waals surface area contributed by atoms with Gasteiger partial charge in [-0.1, -0.05) is 41.0 Å². The van der Waals surface area contributed by atoms with Crippen LogP contribution in [0, 0.1) is 0 Å². The van der Waals surface area contributed by atoms with Crippen LogP contribution in [0.4, 0.5) is 16.5 Å². The Morgan fingerprint density at radius 1 is 1.07 bits per heavy atom. The second-order valence-corrected chi connectivity index (χ2v) is 8.63. The lowest BCUT2D eigenvalue weighted by Crippen LogP contribution is -2.11. The molecule has 0 saturated carbocycles. The van der Waals surface area contributed by atoms with Gasteiger partial charge in [-0.25, -0.2) is 13.4 Å². The average Bonchev–Trinajstić information content (AvgIpc) is 3.36. The number of aromatic nitrogens is 2. The molecule has 0 radical (unpaired) electrons. The zero-order valence-electron chi connectivity index (χ0n) is 14.2. The monoisotopic (exact) mass is 432 g/mol. The molecule has 0 aliphatic rings. The Hall–Kier alpha value is -2.88. The summed E-state index contributed by atoms with van der Waals surface area (Å²) in [5.74, 6) is 0. The van der Waals surface area contributed by atoms with Crippen LogP contribution in [0.3, 0.4) is 0 Å². The van der Waals surface area contributed by atoms with Crippen molar-refractivity contribution in [1.82, 2.24) is 10.1 Å². The Kier molecular flexibility index (Phi) is 5.03. The molecule has 0 bridgehead atoms. The van der Waals surface area contributed by atoms with E-state index in [0.29, 0.717) is 15.8 Å². The number of halogens is 1. The highest BCUT2D eigenvalue weighted by atomic mass is 35.5. The van der Waals surface area contributed by atoms with Crippen molar-refractivity contribution in [1.29, 1.82) is 0 Å². The lowest BCUT2D eigenvalue weighted by molar-refractivity contribution is 0.417. The van der Waals surface area contributed by atoms with Gasteiger partial charge in [0.15, 0.2) is 5.13 Å². The van der Waals surface area contributed by atoms with Crippen molar-refractivity contribution in [3.63, 3.8) is 0 Å². The van der Waals surface area contributed by atoms with Gasteiger partial charge in [0.1, 0.15) is 11.2 Å². The molecular formula is C18H13ClN4O3S2. The molecule has 10 heteroatoms. The zero-order valence-corrected chi connectivity index (χ0v) is 16.6. The van der Waals surface area contributed by atoms with E-state index in [1.54, 1.807) is 30.3 Å². The summed E-state index contributed by atoms with van der Waals surface area (Å²) in [6.07, 6.45) is 2.21. The highest BCUT2D eigenvalue weighted by Crippen LogP contribution is 2.30. The Balaban J connectivity index is 1.49. The molecule has 0 amide bonds. The number of thiazole rings is 1. The third-order valence-corrected chi connectivity index (χ3v) is 6.19. The molecule has 0 unspecified atom stereocenters. The standard InChI is InChI=1S/C18H13ClN4O3S2/c19-15-3-1-2-4-16(15)21-18-22-17(11-27-18)12-5-7-13(8-6-12)23-28(24,25)14-9-20-26-10-14/h1-11,23H,(H,21,22). The predicted octanol–water partition coefficient (Wildman–Crippen LogP) is 5.00. The topological polar surface area (TPSA) is 97.1 Å². The van der Waals surface area contributed by atoms with Crippen LogP contribution in [0.15, 0.2) is 75.8 Å². The minimum Gasteiger partial charge on any atom is -0.363 e. The van der Waals surface area contributed by atoms with Crippen molar-refractivity contribution >= 4 is 49.5 Å². The molecular weight excluding hydrogens is 420 g/mol. The fraction of sp³-hybridized carbons (Fsp3) is 0. The maximum atomic E-state index is 12.2. The van der Waals surface area contributed by atoms with Gasteiger partial charge in [-0.3, -0.25) is 4.72 Å². The number of benzene rings is 2. The fourth-order valence-electron chi connectivity index (χ4n) is 2.39. The summed E-state index contributed by atoms with van der Waals surface area (Å²) in [7, 11) is -3.72. The van der Waals surface area contributed by atoms with Crippen LogP contribution in [-0.4, -0.2) is 18.6 Å². The van der Waals surface area contributed by atoms with E-state index in [-0.39, 0.29) is 4.90 Å². The molecule has 4 aromatic rings. The second kappa shape index (κ2) is 7.63. The van der Waals surface area contributed by atoms with E-state index < -0.39 is 10.0 Å². The van der Waals surface area contributed by atoms with Crippen molar-refractivity contribution in [2.75, 3.05) is 10.0 Å². The Morgan fingerprint density at radius 3 is 2.57 bits per heavy atom. The van der Waals surface area contributed by atoms with Crippen LogP contribution in [-0.2, 0) is 10.0 Å². The first-order valence-electron chi connectivity index (χ1n) is 8.01. The van der Waals surface area contributed by atoms with Crippen LogP contribution in [0.2, 0.25) is 5.02 Å². The first-order chi connectivity index (χ1) is 13.5. The highest BCUT2D eigenvalue weighted by Gasteiger charge is 2.16. The molecule has 2 aromatic heterocycles. The number of nitrogens with one attached hydrogen (secondary N) is 2. The number of rotatable bonds is 6. The summed E-state index contributed by atoms with van der Waals surface area (Å²) in [6.45, 7) is 0. The molecule has 0 spiro atoms. The maximum absolute atomic E-state index is 12.2. The smallest absolute Gasteiger partial charge is 0.266 e. The first-order valence-corrected chi connectivity index (χ1v) is 10.7. The van der Waals surface area contributed by atoms with E-state index >= 15 is 0 Å². The first kappa shape index (κ1) is 18.5. The van der Waals surface area contributed by atoms with Crippen LogP contribution < -0.4 is 10.0 Å². The van der Waals surface area contributed by atoms with Gasteiger partial charge in [-0.05, 0) is 24.3 Å². The minimum atomic E-state index is -3.72. The number of sulfonamides is 1. The van der Waals surface area contributed by atoms with Crippen molar-refractivity contribution in [3.8, 4) is 11.3 Å². The molecule has 2 N–H and O–H groups in total. The van der Waals surface area contributed by atoms with Gasteiger partial charge in [-0.15, -0.1) is 11.3 Å². The minimum absolute atomic E-state index is 0.0358. The molecule has 142 valence electrons. The molecule has 4 rings (SSSR count). The van der Waals surface area contributed by atoms with Gasteiger partial charge < -0.3 is 9.84 Å². The summed E-state index contributed by atoms with van der Waals surface area (Å²) in [6, 6.07) is 14.3. The summed E-state index contributed by atoms with van der Waals surface area (Å²) in [5, 5.41) is 9.83. The number of anilines is 3. The van der Waals surface area contributed by atoms with Crippen molar-refractivity contribution in [3.05, 3.63) is 71.4 Å². The normalized spacial score (nSPS) is 11.3. The lowest BCUT2D eigenvalue weighted by Gasteiger charge is -2.06. The van der Waals surface area contributed by atoms with E-state index in [4.69, 9.17) is 11.6 Å². The summed E-state index contributed by atoms with van der Waals surface area (Å²) in [5.41, 5.74) is 2.84. The van der Waals surface area contributed by atoms with Gasteiger partial charge in [0.25, 0.3) is 10.0 Å². The van der Waals surface area contributed by atoms with Gasteiger partial charge in [0.2, 0.25) is 0 Å². The van der Waals surface area contributed by atoms with Crippen LogP contribution in [0.25, 0.3) is 11.3 Å². The Labute approximate surface area is 170 Å². The number of hydrogen-bond acceptors (Lipinski definition) is 7. The number of nitrogens with zero attached hydrogens (tertiary/aromatic N) is 2. The molecule has 0 fully saturated rings. The summed E-state index contributed by atoms with van der Waals surface area (Å²) < 4.78 is 31.4. The van der Waals surface area contributed by atoms with E-state index in [2.05, 4.69) is 24.7 Å². The Bertz CT molecular complexity index is 1190. The SMILES string of the molecule is O=S(=O)(Nc1ccc(-c2csc(Nc3ccccc3Cl)n2)cc1)c1cnoc1. The molecule has 2 heterocycles. The number of para-hydroxylation sites is 1. The summed E-state index contributed by atoms with van der Waals surface area (Å²) in [4.78, 5) is 4.52. The molecule has 0 atom stereocenters. The molecule has 0 aliphatic carbocycles. The van der Waals surface area contributed by atoms with E-state index in [0.717, 1.165) is 29.4 Å². The highest BCUT2D eigenvalue weighted by molar-refractivity contribution is 7.92. The van der Waals surface area contributed by atoms with E-state index in [1.165, 1.54) is 11.3 Å². The third-order valence-electron chi connectivity index (χ3n) is 3.77. The molecule has 7 nitrogen and oxygen atoms in total. The molecule has 2 aromatic carbocycles. The van der Waals surface area contributed by atoms with Gasteiger partial charge >= 0.3 is 0 Å². The van der Waals surface area contributed by atoms with Gasteiger partial charge in [0.05, 0.1) is 22.6 Å². The lowest BCUT2D eigenvalue weighted by atomic mass is 10.1. The van der Waals surface area contributed by atoms with Crippen LogP contribution >= 0.6 is 22.9 Å². The fourth-order valence-corrected chi connectivity index (χ4v) is 4.22. The quantitative estimate of drug-likeness (QED) is 0.445. The maximum Gasteiger partial charge on any atom is 0.266 e. The average molecular weight is 433 g/mol. The third kappa shape index (κ3) is 4.01. The van der Waals surface area contributed by atoms with E-state index in [9.17, 15) is 8.42 Å². The molecule has 0 aliphatic heterocycles.